The standard InChI is InChI=1S/C18H22BP/c19-20(16-10-4-1-5-11-16,17-12-6-2-7-13-17)18-14-8-3-9-15-18/h1-2,4-7,10-14H,3,8-9,15H2,19H3. The summed E-state index contributed by atoms with van der Waals surface area (Å²) in [5, 5.41) is 5.06. The average molecular weight is 280 g/mol. The minimum Gasteiger partial charge on any atom is -0.0649 e. The van der Waals surface area contributed by atoms with E-state index in [4.69, 9.17) is 0 Å². The summed E-state index contributed by atoms with van der Waals surface area (Å²) in [4.78, 5) is 0. The van der Waals surface area contributed by atoms with Crippen LogP contribution in [0.4, 0.5) is 0 Å². The fraction of sp³-hybridized carbons (Fsp3) is 0.222. The summed E-state index contributed by atoms with van der Waals surface area (Å²) in [6.07, 6.45) is 7.99. The van der Waals surface area contributed by atoms with Gasteiger partial charge in [0.1, 0.15) is 7.57 Å². The van der Waals surface area contributed by atoms with Gasteiger partial charge < -0.3 is 0 Å². The smallest absolute Gasteiger partial charge is 0.0649 e. The summed E-state index contributed by atoms with van der Waals surface area (Å²) in [5.74, 6) is 0. The van der Waals surface area contributed by atoms with E-state index in [1.54, 1.807) is 15.9 Å². The van der Waals surface area contributed by atoms with Gasteiger partial charge in [-0.3, -0.25) is 0 Å². The van der Waals surface area contributed by atoms with Crippen molar-refractivity contribution < 1.29 is 0 Å². The Labute approximate surface area is 123 Å². The van der Waals surface area contributed by atoms with Crippen LogP contribution in [0.5, 0.6) is 0 Å². The zero-order chi connectivity index (χ0) is 13.8. The molecule has 0 spiro atoms. The molecular formula is C18H22BP. The zero-order valence-electron chi connectivity index (χ0n) is 11.1. The van der Waals surface area contributed by atoms with E-state index < -0.39 is 7.14 Å². The predicted octanol–water partition coefficient (Wildman–Crippen LogP) is 3.39. The van der Waals surface area contributed by atoms with Crippen molar-refractivity contribution in [3.05, 3.63) is 72.1 Å². The summed E-state index contributed by atoms with van der Waals surface area (Å²) in [7, 11) is -0.925. The minimum absolute atomic E-state index is 0.213. The van der Waals surface area contributed by atoms with E-state index in [-0.39, 0.29) is 7.57 Å². The summed E-state index contributed by atoms with van der Waals surface area (Å²) in [6.45, 7) is 0. The lowest BCUT2D eigenvalue weighted by Gasteiger charge is -2.33. The topological polar surface area (TPSA) is 0 Å². The van der Waals surface area contributed by atoms with Crippen LogP contribution < -0.4 is 10.6 Å². The number of hydrogen-bond acceptors (Lipinski definition) is 0. The minimum atomic E-state index is -1.14. The van der Waals surface area contributed by atoms with Crippen molar-refractivity contribution in [1.29, 1.82) is 0 Å². The van der Waals surface area contributed by atoms with Crippen LogP contribution in [-0.2, 0) is 0 Å². The molecule has 0 unspecified atom stereocenters. The second-order valence-electron chi connectivity index (χ2n) is 4.95. The van der Waals surface area contributed by atoms with E-state index in [0.29, 0.717) is 0 Å². The Morgan fingerprint density at radius 2 is 1.30 bits per heavy atom. The van der Waals surface area contributed by atoms with Gasteiger partial charge in [-0.15, -0.1) is 0 Å². The second kappa shape index (κ2) is 5.98. The van der Waals surface area contributed by atoms with Crippen molar-refractivity contribution in [1.82, 2.24) is 0 Å². The Kier molecular flexibility index (Phi) is 4.08. The third-order valence-electron chi connectivity index (χ3n) is 3.58. The highest BCUT2D eigenvalue weighted by Gasteiger charge is 2.35. The average Bonchev–Trinajstić information content (AvgIpc) is 2.56. The van der Waals surface area contributed by atoms with Gasteiger partial charge in [0, 0.05) is 11.7 Å². The van der Waals surface area contributed by atoms with Crippen LogP contribution in [0.1, 0.15) is 25.7 Å². The molecule has 0 fully saturated rings. The molecule has 0 saturated heterocycles. The van der Waals surface area contributed by atoms with Gasteiger partial charge in [0.25, 0.3) is 0 Å². The molecule has 3 rings (SSSR count). The lowest BCUT2D eigenvalue weighted by molar-refractivity contribution is 0.722. The molecule has 0 atom stereocenters. The maximum atomic E-state index is 2.59. The van der Waals surface area contributed by atoms with Gasteiger partial charge in [-0.1, -0.05) is 43.5 Å². The SMILES string of the molecule is [BH3-][P+](C1=CCCCC1)(c1ccccc1)c1ccccc1. The van der Waals surface area contributed by atoms with Crippen molar-refractivity contribution >= 4 is 25.3 Å². The van der Waals surface area contributed by atoms with Gasteiger partial charge in [0.05, 0.1) is 10.6 Å². The van der Waals surface area contributed by atoms with E-state index in [0.717, 1.165) is 0 Å². The maximum absolute atomic E-state index is 2.59. The Morgan fingerprint density at radius 3 is 1.75 bits per heavy atom. The van der Waals surface area contributed by atoms with E-state index in [1.807, 2.05) is 0 Å². The Bertz CT molecular complexity index is 550. The van der Waals surface area contributed by atoms with E-state index in [9.17, 15) is 0 Å². The molecule has 0 heterocycles. The number of benzene rings is 2. The first-order chi connectivity index (χ1) is 9.82. The monoisotopic (exact) mass is 280 g/mol. The van der Waals surface area contributed by atoms with E-state index >= 15 is 0 Å². The van der Waals surface area contributed by atoms with Gasteiger partial charge >= 0.3 is 0 Å². The van der Waals surface area contributed by atoms with E-state index in [2.05, 4.69) is 66.7 Å². The summed E-state index contributed by atoms with van der Waals surface area (Å²) >= 11 is 0. The van der Waals surface area contributed by atoms with Gasteiger partial charge in [0.15, 0.2) is 0 Å². The van der Waals surface area contributed by atoms with Crippen LogP contribution in [0.2, 0.25) is 0 Å². The summed E-state index contributed by atoms with van der Waals surface area (Å²) < 4.78 is 0. The largest absolute Gasteiger partial charge is 0.143 e. The molecule has 0 aromatic heterocycles. The Balaban J connectivity index is 2.15. The zero-order valence-corrected chi connectivity index (χ0v) is 12.0. The molecule has 102 valence electrons. The first-order valence-electron chi connectivity index (χ1n) is 7.04. The molecule has 0 saturated carbocycles. The van der Waals surface area contributed by atoms with Crippen molar-refractivity contribution in [2.75, 3.05) is 0 Å². The molecule has 0 radical (unpaired) electrons. The number of allylic oxidation sites excluding steroid dienone is 2. The highest BCUT2D eigenvalue weighted by Crippen LogP contribution is 2.61. The van der Waals surface area contributed by atoms with E-state index in [1.165, 1.54) is 25.7 Å². The Hall–Kier alpha value is -1.33. The molecule has 0 nitrogen and oxygen atoms in total. The number of rotatable bonds is 3. The highest BCUT2D eigenvalue weighted by atomic mass is 31.2. The molecule has 0 amide bonds. The maximum Gasteiger partial charge on any atom is 0.143 e. The van der Waals surface area contributed by atoms with Crippen LogP contribution in [0.3, 0.4) is 0 Å². The van der Waals surface area contributed by atoms with Crippen LogP contribution in [-0.4, -0.2) is 7.57 Å². The van der Waals surface area contributed by atoms with Gasteiger partial charge in [-0.25, -0.2) is 0 Å². The lowest BCUT2D eigenvalue weighted by atomic mass is 10.1. The highest BCUT2D eigenvalue weighted by molar-refractivity contribution is 8.11. The van der Waals surface area contributed by atoms with Crippen LogP contribution >= 0.6 is 7.14 Å². The molecular weight excluding hydrogens is 258 g/mol. The predicted molar refractivity (Wildman–Crippen MR) is 95.6 cm³/mol. The third kappa shape index (κ3) is 2.48. The molecule has 1 aliphatic rings. The van der Waals surface area contributed by atoms with Gasteiger partial charge in [0.2, 0.25) is 0 Å². The molecule has 0 N–H and O–H groups in total. The quantitative estimate of drug-likeness (QED) is 0.597. The van der Waals surface area contributed by atoms with Crippen molar-refractivity contribution in [2.45, 2.75) is 25.7 Å². The normalized spacial score (nSPS) is 15.8. The summed E-state index contributed by atoms with van der Waals surface area (Å²) in [5.41, 5.74) is 0. The Morgan fingerprint density at radius 1 is 0.750 bits per heavy atom. The van der Waals surface area contributed by atoms with Crippen molar-refractivity contribution in [3.63, 3.8) is 0 Å². The van der Waals surface area contributed by atoms with Crippen LogP contribution in [0, 0.1) is 0 Å². The molecule has 0 bridgehead atoms. The lowest BCUT2D eigenvalue weighted by Crippen LogP contribution is -2.24. The molecule has 20 heavy (non-hydrogen) atoms. The van der Waals surface area contributed by atoms with Crippen molar-refractivity contribution in [3.8, 4) is 0 Å². The molecule has 2 heteroatoms. The fourth-order valence-electron chi connectivity index (χ4n) is 2.66. The first kappa shape index (κ1) is 13.6. The fourth-order valence-corrected chi connectivity index (χ4v) is 5.25. The van der Waals surface area contributed by atoms with Crippen molar-refractivity contribution in [2.24, 2.45) is 0 Å². The molecule has 1 aliphatic carbocycles. The number of hydrogen-bond donors (Lipinski definition) is 0. The molecule has 0 aliphatic heterocycles. The molecule has 2 aromatic carbocycles. The summed E-state index contributed by atoms with van der Waals surface area (Å²) in [6, 6.07) is 22.7. The second-order valence-corrected chi connectivity index (χ2v) is 7.23. The van der Waals surface area contributed by atoms with Crippen LogP contribution in [0.25, 0.3) is 0 Å². The third-order valence-corrected chi connectivity index (χ3v) is 6.19. The van der Waals surface area contributed by atoms with Gasteiger partial charge in [-0.2, -0.15) is 0 Å². The van der Waals surface area contributed by atoms with Gasteiger partial charge in [-0.05, 0) is 49.6 Å². The first-order valence-corrected chi connectivity index (χ1v) is 8.38. The van der Waals surface area contributed by atoms with Crippen LogP contribution in [0.15, 0.2) is 72.1 Å². The molecule has 2 aromatic rings.